The largest absolute Gasteiger partial charge is 0.299 e. The summed E-state index contributed by atoms with van der Waals surface area (Å²) in [6.07, 6.45) is 16.1. The molecular weight excluding hydrogens is 392 g/mol. The van der Waals surface area contributed by atoms with Crippen molar-refractivity contribution < 1.29 is 9.59 Å². The molecule has 0 saturated carbocycles. The molecular formula is C30H42O2. The first-order chi connectivity index (χ1) is 15.6. The standard InChI is InChI=1S/C30H42O2/c1-3-5-6-7-8-9-10-11-12-13-15-25-16-18-26(19-17-25)27-20-22-28(23-21-27)30(32)24-29(31)14-4-2/h16-23H,3-15,24H2,1-2H3. The summed E-state index contributed by atoms with van der Waals surface area (Å²) in [6.45, 7) is 4.23. The Balaban J connectivity index is 1.70. The van der Waals surface area contributed by atoms with E-state index in [9.17, 15) is 9.59 Å². The third-order valence-electron chi connectivity index (χ3n) is 6.20. The Bertz CT molecular complexity index is 787. The van der Waals surface area contributed by atoms with Gasteiger partial charge in [0.15, 0.2) is 5.78 Å². The van der Waals surface area contributed by atoms with Crippen molar-refractivity contribution in [3.63, 3.8) is 0 Å². The molecule has 174 valence electrons. The Morgan fingerprint density at radius 2 is 1.09 bits per heavy atom. The van der Waals surface area contributed by atoms with Crippen molar-refractivity contribution >= 4 is 11.6 Å². The van der Waals surface area contributed by atoms with E-state index in [-0.39, 0.29) is 18.0 Å². The van der Waals surface area contributed by atoms with Crippen LogP contribution in [0.1, 0.15) is 113 Å². The Morgan fingerprint density at radius 3 is 1.62 bits per heavy atom. The lowest BCUT2D eigenvalue weighted by Crippen LogP contribution is -2.07. The van der Waals surface area contributed by atoms with Gasteiger partial charge < -0.3 is 0 Å². The van der Waals surface area contributed by atoms with Crippen LogP contribution in [0.3, 0.4) is 0 Å². The van der Waals surface area contributed by atoms with Crippen molar-refractivity contribution in [3.05, 3.63) is 59.7 Å². The lowest BCUT2D eigenvalue weighted by Gasteiger charge is -2.07. The highest BCUT2D eigenvalue weighted by Gasteiger charge is 2.11. The van der Waals surface area contributed by atoms with Crippen LogP contribution in [0.5, 0.6) is 0 Å². The molecule has 2 aromatic rings. The molecule has 0 aromatic heterocycles. The van der Waals surface area contributed by atoms with Gasteiger partial charge in [-0.25, -0.2) is 0 Å². The van der Waals surface area contributed by atoms with E-state index >= 15 is 0 Å². The molecule has 0 atom stereocenters. The van der Waals surface area contributed by atoms with Crippen LogP contribution in [0, 0.1) is 0 Å². The average Bonchev–Trinajstić information content (AvgIpc) is 2.81. The number of Topliss-reactive ketones (excluding diaryl/α,β-unsaturated/α-hetero) is 2. The predicted octanol–water partition coefficient (Wildman–Crippen LogP) is 8.76. The van der Waals surface area contributed by atoms with Crippen molar-refractivity contribution in [2.75, 3.05) is 0 Å². The first kappa shape index (κ1) is 26.0. The van der Waals surface area contributed by atoms with Crippen LogP contribution < -0.4 is 0 Å². The summed E-state index contributed by atoms with van der Waals surface area (Å²) in [6, 6.07) is 16.4. The fourth-order valence-electron chi connectivity index (χ4n) is 4.18. The van der Waals surface area contributed by atoms with E-state index in [0.717, 1.165) is 24.0 Å². The number of carbonyl (C=O) groups excluding carboxylic acids is 2. The van der Waals surface area contributed by atoms with E-state index in [4.69, 9.17) is 0 Å². The Morgan fingerprint density at radius 1 is 0.594 bits per heavy atom. The molecule has 2 aromatic carbocycles. The fraction of sp³-hybridized carbons (Fsp3) is 0.533. The van der Waals surface area contributed by atoms with Crippen molar-refractivity contribution in [1.82, 2.24) is 0 Å². The van der Waals surface area contributed by atoms with E-state index < -0.39 is 0 Å². The second-order valence-electron chi connectivity index (χ2n) is 9.09. The summed E-state index contributed by atoms with van der Waals surface area (Å²) >= 11 is 0. The van der Waals surface area contributed by atoms with Gasteiger partial charge in [0.1, 0.15) is 5.78 Å². The molecule has 2 nitrogen and oxygen atoms in total. The zero-order valence-corrected chi connectivity index (χ0v) is 20.3. The predicted molar refractivity (Wildman–Crippen MR) is 136 cm³/mol. The normalized spacial score (nSPS) is 10.9. The van der Waals surface area contributed by atoms with Gasteiger partial charge in [0.25, 0.3) is 0 Å². The summed E-state index contributed by atoms with van der Waals surface area (Å²) in [7, 11) is 0. The number of unbranched alkanes of at least 4 members (excludes halogenated alkanes) is 9. The minimum absolute atomic E-state index is 0.0147. The first-order valence-corrected chi connectivity index (χ1v) is 12.9. The van der Waals surface area contributed by atoms with Gasteiger partial charge in [-0.05, 0) is 36.0 Å². The van der Waals surface area contributed by atoms with Crippen molar-refractivity contribution in [1.29, 1.82) is 0 Å². The topological polar surface area (TPSA) is 34.1 Å². The Hall–Kier alpha value is -2.22. The highest BCUT2D eigenvalue weighted by molar-refractivity contribution is 6.08. The number of carbonyl (C=O) groups is 2. The van der Waals surface area contributed by atoms with E-state index in [0.29, 0.717) is 12.0 Å². The lowest BCUT2D eigenvalue weighted by atomic mass is 9.98. The second-order valence-corrected chi connectivity index (χ2v) is 9.09. The van der Waals surface area contributed by atoms with E-state index in [1.165, 1.54) is 69.8 Å². The third kappa shape index (κ3) is 9.94. The number of ketones is 2. The first-order valence-electron chi connectivity index (χ1n) is 12.9. The summed E-state index contributed by atoms with van der Waals surface area (Å²) < 4.78 is 0. The summed E-state index contributed by atoms with van der Waals surface area (Å²) in [5.74, 6) is -0.0542. The SMILES string of the molecule is CCCCCCCCCCCCc1ccc(-c2ccc(C(=O)CC(=O)CCC)cc2)cc1. The molecule has 0 unspecified atom stereocenters. The molecule has 0 fully saturated rings. The fourth-order valence-corrected chi connectivity index (χ4v) is 4.18. The summed E-state index contributed by atoms with van der Waals surface area (Å²) in [5, 5.41) is 0. The van der Waals surface area contributed by atoms with Gasteiger partial charge in [-0.3, -0.25) is 9.59 Å². The molecule has 0 heterocycles. The van der Waals surface area contributed by atoms with Crippen LogP contribution in [0.2, 0.25) is 0 Å². The number of aryl methyl sites for hydroxylation is 1. The zero-order chi connectivity index (χ0) is 23.0. The van der Waals surface area contributed by atoms with Crippen molar-refractivity contribution in [2.24, 2.45) is 0 Å². The highest BCUT2D eigenvalue weighted by atomic mass is 16.1. The molecule has 0 aliphatic rings. The van der Waals surface area contributed by atoms with Gasteiger partial charge in [0.05, 0.1) is 6.42 Å². The maximum Gasteiger partial charge on any atom is 0.170 e. The number of hydrogen-bond donors (Lipinski definition) is 0. The van der Waals surface area contributed by atoms with Crippen molar-refractivity contribution in [2.45, 2.75) is 104 Å². The van der Waals surface area contributed by atoms with Gasteiger partial charge in [0.2, 0.25) is 0 Å². The molecule has 0 amide bonds. The zero-order valence-electron chi connectivity index (χ0n) is 20.3. The molecule has 0 saturated heterocycles. The summed E-state index contributed by atoms with van der Waals surface area (Å²) in [5.41, 5.74) is 4.29. The third-order valence-corrected chi connectivity index (χ3v) is 6.20. The Labute approximate surface area is 195 Å². The average molecular weight is 435 g/mol. The number of benzene rings is 2. The number of rotatable bonds is 17. The molecule has 0 aliphatic heterocycles. The smallest absolute Gasteiger partial charge is 0.170 e. The Kier molecular flexibility index (Phi) is 12.7. The molecule has 2 rings (SSSR count). The molecule has 2 heteroatoms. The van der Waals surface area contributed by atoms with Crippen LogP contribution in [-0.2, 0) is 11.2 Å². The monoisotopic (exact) mass is 434 g/mol. The molecule has 0 N–H and O–H groups in total. The molecule has 0 radical (unpaired) electrons. The molecule has 32 heavy (non-hydrogen) atoms. The van der Waals surface area contributed by atoms with Gasteiger partial charge in [-0.15, -0.1) is 0 Å². The maximum absolute atomic E-state index is 12.2. The van der Waals surface area contributed by atoms with Gasteiger partial charge in [-0.1, -0.05) is 120 Å². The van der Waals surface area contributed by atoms with Crippen LogP contribution >= 0.6 is 0 Å². The van der Waals surface area contributed by atoms with E-state index in [1.54, 1.807) is 0 Å². The minimum Gasteiger partial charge on any atom is -0.299 e. The second kappa shape index (κ2) is 15.6. The quantitative estimate of drug-likeness (QED) is 0.142. The van der Waals surface area contributed by atoms with Crippen LogP contribution in [-0.4, -0.2) is 11.6 Å². The molecule has 0 spiro atoms. The van der Waals surface area contributed by atoms with Crippen LogP contribution in [0.25, 0.3) is 11.1 Å². The van der Waals surface area contributed by atoms with Gasteiger partial charge in [0, 0.05) is 12.0 Å². The molecule has 0 bridgehead atoms. The molecule has 0 aliphatic carbocycles. The minimum atomic E-state index is -0.0816. The van der Waals surface area contributed by atoms with Gasteiger partial charge >= 0.3 is 0 Å². The lowest BCUT2D eigenvalue weighted by molar-refractivity contribution is -0.118. The van der Waals surface area contributed by atoms with E-state index in [1.807, 2.05) is 31.2 Å². The summed E-state index contributed by atoms with van der Waals surface area (Å²) in [4.78, 5) is 23.9. The van der Waals surface area contributed by atoms with Crippen LogP contribution in [0.4, 0.5) is 0 Å². The van der Waals surface area contributed by atoms with E-state index in [2.05, 4.69) is 31.2 Å². The maximum atomic E-state index is 12.2. The number of hydrogen-bond acceptors (Lipinski definition) is 2. The van der Waals surface area contributed by atoms with Gasteiger partial charge in [-0.2, -0.15) is 0 Å². The van der Waals surface area contributed by atoms with Crippen molar-refractivity contribution in [3.8, 4) is 11.1 Å². The highest BCUT2D eigenvalue weighted by Crippen LogP contribution is 2.22. The van der Waals surface area contributed by atoms with Crippen LogP contribution in [0.15, 0.2) is 48.5 Å².